The van der Waals surface area contributed by atoms with Gasteiger partial charge >= 0.3 is 5.97 Å². The van der Waals surface area contributed by atoms with Gasteiger partial charge in [-0.2, -0.15) is 0 Å². The molecule has 5 nitrogen and oxygen atoms in total. The molecule has 4 rings (SSSR count). The van der Waals surface area contributed by atoms with Crippen molar-refractivity contribution in [3.8, 4) is 11.5 Å². The van der Waals surface area contributed by atoms with Crippen LogP contribution in [0.25, 0.3) is 0 Å². The number of hydrogen-bond acceptors (Lipinski definition) is 4. The molecule has 1 heterocycles. The minimum Gasteiger partial charge on any atom is -0.457 e. The largest absolute Gasteiger partial charge is 0.457 e. The molecule has 1 N–H and O–H groups in total. The van der Waals surface area contributed by atoms with Crippen LogP contribution in [0.5, 0.6) is 11.5 Å². The molecule has 0 saturated heterocycles. The fourth-order valence-corrected chi connectivity index (χ4v) is 4.42. The van der Waals surface area contributed by atoms with Gasteiger partial charge in [0.05, 0.1) is 0 Å². The second kappa shape index (κ2) is 8.27. The van der Waals surface area contributed by atoms with Gasteiger partial charge in [0.1, 0.15) is 17.4 Å². The third kappa shape index (κ3) is 4.00. The Bertz CT molecular complexity index is 864. The quantitative estimate of drug-likeness (QED) is 0.782. The molecule has 0 aromatic heterocycles. The number of fused-ring (bicyclic) bond motifs is 2. The lowest BCUT2D eigenvalue weighted by molar-refractivity contribution is -0.149. The van der Waals surface area contributed by atoms with Crippen LogP contribution in [0.3, 0.4) is 0 Å². The summed E-state index contributed by atoms with van der Waals surface area (Å²) in [6.07, 6.45) is 3.29. The highest BCUT2D eigenvalue weighted by molar-refractivity contribution is 5.87. The molecule has 1 aliphatic heterocycles. The van der Waals surface area contributed by atoms with Crippen LogP contribution in [0.1, 0.15) is 50.2 Å². The highest BCUT2D eigenvalue weighted by atomic mass is 16.5. The van der Waals surface area contributed by atoms with Gasteiger partial charge in [-0.15, -0.1) is 0 Å². The Labute approximate surface area is 171 Å². The second-order valence-electron chi connectivity index (χ2n) is 8.16. The normalized spacial score (nSPS) is 23.3. The summed E-state index contributed by atoms with van der Waals surface area (Å²) in [5.74, 6) is 1.03. The summed E-state index contributed by atoms with van der Waals surface area (Å²) in [4.78, 5) is 25.4. The Morgan fingerprint density at radius 3 is 2.28 bits per heavy atom. The Balaban J connectivity index is 1.44. The van der Waals surface area contributed by atoms with Gasteiger partial charge in [-0.1, -0.05) is 63.1 Å². The van der Waals surface area contributed by atoms with Crippen molar-refractivity contribution in [2.75, 3.05) is 6.61 Å². The molecular weight excluding hydrogens is 366 g/mol. The molecule has 5 heteroatoms. The zero-order valence-corrected chi connectivity index (χ0v) is 16.9. The van der Waals surface area contributed by atoms with Crippen molar-refractivity contribution in [3.05, 3.63) is 59.7 Å². The van der Waals surface area contributed by atoms with E-state index in [-0.39, 0.29) is 18.6 Å². The zero-order valence-electron chi connectivity index (χ0n) is 16.9. The average Bonchev–Trinajstić information content (AvgIpc) is 2.73. The molecule has 1 aliphatic carbocycles. The van der Waals surface area contributed by atoms with Crippen LogP contribution in [0, 0.1) is 11.8 Å². The summed E-state index contributed by atoms with van der Waals surface area (Å²) in [5, 5.41) is 3.05. The number of benzene rings is 2. The van der Waals surface area contributed by atoms with Gasteiger partial charge in [-0.3, -0.25) is 9.59 Å². The minimum atomic E-state index is -0.599. The Hall–Kier alpha value is -2.82. The van der Waals surface area contributed by atoms with Crippen LogP contribution in [-0.2, 0) is 14.3 Å². The Morgan fingerprint density at radius 1 is 1.00 bits per heavy atom. The summed E-state index contributed by atoms with van der Waals surface area (Å²) in [6.45, 7) is 4.14. The maximum absolute atomic E-state index is 13.0. The van der Waals surface area contributed by atoms with Crippen molar-refractivity contribution in [1.82, 2.24) is 5.32 Å². The number of hydrogen-bond donors (Lipinski definition) is 1. The summed E-state index contributed by atoms with van der Waals surface area (Å²) >= 11 is 0. The average molecular weight is 393 g/mol. The molecular formula is C24H27NO4. The number of para-hydroxylation sites is 2. The maximum atomic E-state index is 13.0. The molecule has 0 spiro atoms. The van der Waals surface area contributed by atoms with E-state index in [9.17, 15) is 9.59 Å². The second-order valence-corrected chi connectivity index (χ2v) is 8.16. The third-order valence-corrected chi connectivity index (χ3v) is 6.31. The van der Waals surface area contributed by atoms with Crippen molar-refractivity contribution >= 4 is 11.9 Å². The van der Waals surface area contributed by atoms with Crippen LogP contribution >= 0.6 is 0 Å². The highest BCUT2D eigenvalue weighted by Crippen LogP contribution is 2.44. The number of rotatable bonds is 4. The molecule has 3 unspecified atom stereocenters. The van der Waals surface area contributed by atoms with E-state index in [2.05, 4.69) is 19.2 Å². The fraction of sp³-hybridized carbons (Fsp3) is 0.417. The first kappa shape index (κ1) is 19.5. The zero-order chi connectivity index (χ0) is 20.4. The third-order valence-electron chi connectivity index (χ3n) is 6.31. The first-order chi connectivity index (χ1) is 14.0. The maximum Gasteiger partial charge on any atom is 0.318 e. The molecule has 2 aromatic carbocycles. The molecule has 0 bridgehead atoms. The van der Waals surface area contributed by atoms with Crippen molar-refractivity contribution in [2.24, 2.45) is 11.8 Å². The monoisotopic (exact) mass is 393 g/mol. The van der Waals surface area contributed by atoms with E-state index >= 15 is 0 Å². The van der Waals surface area contributed by atoms with Crippen LogP contribution in [0.15, 0.2) is 48.5 Å². The van der Waals surface area contributed by atoms with E-state index in [1.165, 1.54) is 6.42 Å². The number of nitrogens with one attached hydrogen (secondary N) is 1. The van der Waals surface area contributed by atoms with Crippen LogP contribution in [0.4, 0.5) is 0 Å². The van der Waals surface area contributed by atoms with Gasteiger partial charge in [0.2, 0.25) is 0 Å². The molecule has 1 amide bonds. The van der Waals surface area contributed by atoms with Crippen LogP contribution < -0.4 is 10.1 Å². The molecule has 1 fully saturated rings. The summed E-state index contributed by atoms with van der Waals surface area (Å²) in [6, 6.07) is 15.0. The Morgan fingerprint density at radius 2 is 1.62 bits per heavy atom. The van der Waals surface area contributed by atoms with E-state index in [0.717, 1.165) is 24.0 Å². The smallest absolute Gasteiger partial charge is 0.318 e. The van der Waals surface area contributed by atoms with Gasteiger partial charge in [0.15, 0.2) is 6.61 Å². The SMILES string of the molecule is CC1CCCC(NC(=O)COC(=O)C2c3ccccc3Oc3ccccc32)C1C. The molecule has 152 valence electrons. The van der Waals surface area contributed by atoms with E-state index < -0.39 is 11.9 Å². The van der Waals surface area contributed by atoms with E-state index in [0.29, 0.717) is 23.3 Å². The minimum absolute atomic E-state index is 0.148. The lowest BCUT2D eigenvalue weighted by atomic mass is 9.78. The van der Waals surface area contributed by atoms with Gasteiger partial charge in [0.25, 0.3) is 5.91 Å². The molecule has 1 saturated carbocycles. The van der Waals surface area contributed by atoms with Gasteiger partial charge < -0.3 is 14.8 Å². The molecule has 0 radical (unpaired) electrons. The van der Waals surface area contributed by atoms with E-state index in [1.54, 1.807) is 0 Å². The standard InChI is InChI=1S/C24H27NO4/c1-15-8-7-11-19(16(15)2)25-22(26)14-28-24(27)23-17-9-3-5-12-20(17)29-21-13-6-4-10-18(21)23/h3-6,9-10,12-13,15-16,19,23H,7-8,11,14H2,1-2H3,(H,25,26). The number of carbonyl (C=O) groups excluding carboxylic acids is 2. The first-order valence-electron chi connectivity index (χ1n) is 10.4. The van der Waals surface area contributed by atoms with E-state index in [1.807, 2.05) is 48.5 Å². The van der Waals surface area contributed by atoms with Crippen molar-refractivity contribution < 1.29 is 19.1 Å². The van der Waals surface area contributed by atoms with Gasteiger partial charge in [-0.25, -0.2) is 0 Å². The highest BCUT2D eigenvalue weighted by Gasteiger charge is 2.34. The van der Waals surface area contributed by atoms with Crippen LogP contribution in [-0.4, -0.2) is 24.5 Å². The van der Waals surface area contributed by atoms with Gasteiger partial charge in [0, 0.05) is 17.2 Å². The summed E-state index contributed by atoms with van der Waals surface area (Å²) in [7, 11) is 0. The van der Waals surface area contributed by atoms with Crippen molar-refractivity contribution in [1.29, 1.82) is 0 Å². The lowest BCUT2D eigenvalue weighted by Gasteiger charge is -2.34. The number of amides is 1. The molecule has 3 atom stereocenters. The number of esters is 1. The van der Waals surface area contributed by atoms with Gasteiger partial charge in [-0.05, 0) is 30.4 Å². The number of carbonyl (C=O) groups is 2. The van der Waals surface area contributed by atoms with Crippen molar-refractivity contribution in [3.63, 3.8) is 0 Å². The topological polar surface area (TPSA) is 64.6 Å². The molecule has 29 heavy (non-hydrogen) atoms. The van der Waals surface area contributed by atoms with Crippen molar-refractivity contribution in [2.45, 2.75) is 45.1 Å². The summed E-state index contributed by atoms with van der Waals surface area (Å²) in [5.41, 5.74) is 1.51. The fourth-order valence-electron chi connectivity index (χ4n) is 4.42. The molecule has 2 aromatic rings. The van der Waals surface area contributed by atoms with Crippen LogP contribution in [0.2, 0.25) is 0 Å². The Kier molecular flexibility index (Phi) is 5.56. The van der Waals surface area contributed by atoms with E-state index in [4.69, 9.17) is 9.47 Å². The first-order valence-corrected chi connectivity index (χ1v) is 10.4. The predicted octanol–water partition coefficient (Wildman–Crippen LogP) is 4.41. The molecule has 2 aliphatic rings. The summed E-state index contributed by atoms with van der Waals surface area (Å²) < 4.78 is 11.4. The predicted molar refractivity (Wildman–Crippen MR) is 110 cm³/mol. The number of ether oxygens (including phenoxy) is 2. The lowest BCUT2D eigenvalue weighted by Crippen LogP contribution is -2.45.